The minimum Gasteiger partial charge on any atom is -0.0619 e. The van der Waals surface area contributed by atoms with Gasteiger partial charge >= 0.3 is 0 Å². The van der Waals surface area contributed by atoms with Crippen molar-refractivity contribution in [3.63, 3.8) is 0 Å². The number of fused-ring (bicyclic) bond motifs is 4. The van der Waals surface area contributed by atoms with Gasteiger partial charge in [-0.25, -0.2) is 0 Å². The Morgan fingerprint density at radius 2 is 1.00 bits per heavy atom. The smallest absolute Gasteiger partial charge is 0.0619 e. The van der Waals surface area contributed by atoms with Crippen molar-refractivity contribution in [1.29, 1.82) is 0 Å². The Labute approximate surface area is 238 Å². The van der Waals surface area contributed by atoms with Gasteiger partial charge in [-0.05, 0) is 97.8 Å². The van der Waals surface area contributed by atoms with E-state index in [1.807, 2.05) is 0 Å². The van der Waals surface area contributed by atoms with Gasteiger partial charge in [0.25, 0.3) is 0 Å². The van der Waals surface area contributed by atoms with Crippen LogP contribution in [0, 0.1) is 17.4 Å². The summed E-state index contributed by atoms with van der Waals surface area (Å²) in [5.41, 5.74) is 12.7. The summed E-state index contributed by atoms with van der Waals surface area (Å²) in [4.78, 5) is 0. The normalized spacial score (nSPS) is 13.3. The van der Waals surface area contributed by atoms with Gasteiger partial charge in [0.2, 0.25) is 0 Å². The Kier molecular flexibility index (Phi) is 5.52. The zero-order chi connectivity index (χ0) is 25.9. The van der Waals surface area contributed by atoms with Crippen LogP contribution < -0.4 is 0 Å². The van der Waals surface area contributed by atoms with Crippen LogP contribution in [0.4, 0.5) is 0 Å². The Bertz CT molecular complexity index is 1780. The third-order valence-corrected chi connectivity index (χ3v) is 9.14. The number of aryl methyl sites for hydroxylation is 2. The van der Waals surface area contributed by atoms with Crippen molar-refractivity contribution in [2.24, 2.45) is 0 Å². The van der Waals surface area contributed by atoms with Crippen molar-refractivity contribution in [2.45, 2.75) is 19.3 Å². The largest absolute Gasteiger partial charge is 0.0713 e. The minimum absolute atomic E-state index is 0.387. The highest BCUT2D eigenvalue weighted by molar-refractivity contribution is 14.1. The van der Waals surface area contributed by atoms with Crippen LogP contribution in [0.5, 0.6) is 0 Å². The van der Waals surface area contributed by atoms with E-state index in [2.05, 4.69) is 164 Å². The lowest BCUT2D eigenvalue weighted by atomic mass is 9.67. The Hall–Kier alpha value is -3.69. The lowest BCUT2D eigenvalue weighted by Crippen LogP contribution is -2.28. The van der Waals surface area contributed by atoms with Crippen LogP contribution in [-0.4, -0.2) is 0 Å². The Morgan fingerprint density at radius 1 is 0.447 bits per heavy atom. The molecule has 0 radical (unpaired) electrons. The second-order valence-electron chi connectivity index (χ2n) is 10.4. The summed E-state index contributed by atoms with van der Waals surface area (Å²) in [6.07, 6.45) is 0. The Balaban J connectivity index is 1.63. The topological polar surface area (TPSA) is 0 Å². The Morgan fingerprint density at radius 3 is 1.68 bits per heavy atom. The van der Waals surface area contributed by atoms with Gasteiger partial charge in [-0.15, -0.1) is 0 Å². The molecule has 1 aliphatic rings. The van der Waals surface area contributed by atoms with Crippen molar-refractivity contribution in [1.82, 2.24) is 0 Å². The molecule has 7 rings (SSSR count). The molecule has 38 heavy (non-hydrogen) atoms. The molecule has 0 bridgehead atoms. The van der Waals surface area contributed by atoms with Gasteiger partial charge in [0, 0.05) is 3.57 Å². The highest BCUT2D eigenvalue weighted by atomic mass is 127. The zero-order valence-corrected chi connectivity index (χ0v) is 23.7. The average Bonchev–Trinajstić information content (AvgIpc) is 3.26. The molecule has 0 N–H and O–H groups in total. The number of halogens is 1. The monoisotopic (exact) mass is 598 g/mol. The first-order valence-corrected chi connectivity index (χ1v) is 14.2. The number of hydrogen-bond acceptors (Lipinski definition) is 0. The van der Waals surface area contributed by atoms with E-state index in [0.717, 1.165) is 0 Å². The van der Waals surface area contributed by atoms with Crippen molar-refractivity contribution in [2.75, 3.05) is 0 Å². The maximum Gasteiger partial charge on any atom is 0.0713 e. The summed E-state index contributed by atoms with van der Waals surface area (Å²) < 4.78 is 1.28. The van der Waals surface area contributed by atoms with E-state index in [1.54, 1.807) is 0 Å². The molecule has 182 valence electrons. The van der Waals surface area contributed by atoms with Crippen molar-refractivity contribution < 1.29 is 0 Å². The predicted octanol–water partition coefficient (Wildman–Crippen LogP) is 10.1. The van der Waals surface area contributed by atoms with E-state index >= 15 is 0 Å². The molecule has 0 amide bonds. The fraction of sp³-hybridized carbons (Fsp3) is 0.0811. The molecule has 1 aliphatic carbocycles. The van der Waals surface area contributed by atoms with Crippen LogP contribution in [0.25, 0.3) is 33.0 Å². The van der Waals surface area contributed by atoms with Gasteiger partial charge in [-0.2, -0.15) is 0 Å². The maximum absolute atomic E-state index is 2.46. The van der Waals surface area contributed by atoms with Gasteiger partial charge in [-0.1, -0.05) is 132 Å². The molecule has 0 aliphatic heterocycles. The summed E-state index contributed by atoms with van der Waals surface area (Å²) >= 11 is 2.46. The molecular weight excluding hydrogens is 571 g/mol. The van der Waals surface area contributed by atoms with Crippen LogP contribution in [-0.2, 0) is 5.41 Å². The van der Waals surface area contributed by atoms with Crippen molar-refractivity contribution >= 4 is 33.4 Å². The third-order valence-electron chi connectivity index (χ3n) is 8.20. The molecule has 6 aromatic carbocycles. The molecule has 1 heteroatoms. The lowest BCUT2D eigenvalue weighted by molar-refractivity contribution is 0.767. The van der Waals surface area contributed by atoms with Gasteiger partial charge in [-0.3, -0.25) is 0 Å². The molecule has 0 saturated carbocycles. The first-order valence-electron chi connectivity index (χ1n) is 13.1. The van der Waals surface area contributed by atoms with Crippen LogP contribution in [0.15, 0.2) is 127 Å². The first kappa shape index (κ1) is 23.4. The molecule has 6 aromatic rings. The van der Waals surface area contributed by atoms with Gasteiger partial charge in [0.05, 0.1) is 5.41 Å². The van der Waals surface area contributed by atoms with Crippen LogP contribution in [0.1, 0.15) is 33.4 Å². The van der Waals surface area contributed by atoms with Crippen molar-refractivity contribution in [3.05, 3.63) is 164 Å². The van der Waals surface area contributed by atoms with Crippen LogP contribution >= 0.6 is 22.6 Å². The summed E-state index contributed by atoms with van der Waals surface area (Å²) in [7, 11) is 0. The highest BCUT2D eigenvalue weighted by Gasteiger charge is 2.46. The molecule has 0 nitrogen and oxygen atoms in total. The third kappa shape index (κ3) is 3.34. The van der Waals surface area contributed by atoms with Gasteiger partial charge < -0.3 is 0 Å². The second-order valence-corrected chi connectivity index (χ2v) is 11.6. The van der Waals surface area contributed by atoms with E-state index in [9.17, 15) is 0 Å². The molecule has 0 unspecified atom stereocenters. The second kappa shape index (κ2) is 8.96. The number of benzene rings is 6. The summed E-state index contributed by atoms with van der Waals surface area (Å²) in [6.45, 7) is 4.33. The maximum atomic E-state index is 2.46. The molecule has 0 spiro atoms. The SMILES string of the molecule is Cc1ccc(C2(c3ccc(C)cc3)c3ccccc3-c3c(-c4ccc(I)c5ccccc45)cccc32)cc1. The van der Waals surface area contributed by atoms with Crippen LogP contribution in [0.2, 0.25) is 0 Å². The number of hydrogen-bond donors (Lipinski definition) is 0. The quantitative estimate of drug-likeness (QED) is 0.178. The predicted molar refractivity (Wildman–Crippen MR) is 169 cm³/mol. The fourth-order valence-electron chi connectivity index (χ4n) is 6.45. The summed E-state index contributed by atoms with van der Waals surface area (Å²) in [5, 5.41) is 2.60. The molecule has 0 saturated heterocycles. The van der Waals surface area contributed by atoms with Gasteiger partial charge in [0.15, 0.2) is 0 Å². The highest BCUT2D eigenvalue weighted by Crippen LogP contribution is 2.58. The number of rotatable bonds is 3. The average molecular weight is 599 g/mol. The summed E-state index contributed by atoms with van der Waals surface area (Å²) in [5.74, 6) is 0. The van der Waals surface area contributed by atoms with Crippen molar-refractivity contribution in [3.8, 4) is 22.3 Å². The molecular formula is C37H27I. The van der Waals surface area contributed by atoms with E-state index in [-0.39, 0.29) is 5.41 Å². The standard InChI is InChI=1S/C37H27I/c1-24-14-18-26(19-15-24)37(27-20-16-25(2)17-21-27)33-12-6-5-10-32(33)36-31(11-7-13-34(36)37)29-22-23-35(38)30-9-4-3-8-28(29)30/h3-23H,1-2H3. The van der Waals surface area contributed by atoms with E-state index in [0.29, 0.717) is 0 Å². The molecule has 0 atom stereocenters. The van der Waals surface area contributed by atoms with E-state index < -0.39 is 0 Å². The van der Waals surface area contributed by atoms with Gasteiger partial charge in [0.1, 0.15) is 0 Å². The molecule has 0 fully saturated rings. The molecule has 0 heterocycles. The zero-order valence-electron chi connectivity index (χ0n) is 21.5. The fourth-order valence-corrected chi connectivity index (χ4v) is 7.10. The lowest BCUT2D eigenvalue weighted by Gasteiger charge is -2.34. The minimum atomic E-state index is -0.387. The molecule has 0 aromatic heterocycles. The first-order chi connectivity index (χ1) is 18.6. The van der Waals surface area contributed by atoms with E-state index in [4.69, 9.17) is 0 Å². The summed E-state index contributed by atoms with van der Waals surface area (Å²) in [6, 6.07) is 47.6. The van der Waals surface area contributed by atoms with E-state index in [1.165, 1.54) is 70.0 Å². The van der Waals surface area contributed by atoms with Crippen LogP contribution in [0.3, 0.4) is 0 Å².